The Kier molecular flexibility index (Phi) is 3.39. The van der Waals surface area contributed by atoms with Gasteiger partial charge in [0.2, 0.25) is 0 Å². The van der Waals surface area contributed by atoms with Crippen LogP contribution in [0.2, 0.25) is 0 Å². The topological polar surface area (TPSA) is 58.0 Å². The second-order valence-corrected chi connectivity index (χ2v) is 4.80. The maximum atomic E-state index is 12.8. The molecule has 0 unspecified atom stereocenters. The van der Waals surface area contributed by atoms with Crippen LogP contribution in [0.15, 0.2) is 36.0 Å². The molecular weight excluding hydrogens is 271 g/mol. The fraction of sp³-hybridized carbons (Fsp3) is 0.385. The molecule has 20 heavy (non-hydrogen) atoms. The van der Waals surface area contributed by atoms with E-state index in [1.54, 1.807) is 6.92 Å². The molecule has 2 rings (SSSR count). The Morgan fingerprint density at radius 3 is 2.80 bits per heavy atom. The SMILES string of the molecule is C=C[C@H]1c2cc(C(F)(F)F)ccc2OC[C@@]1(C)N=[N+]=[N-]. The lowest BCUT2D eigenvalue weighted by atomic mass is 9.79. The van der Waals surface area contributed by atoms with Crippen molar-refractivity contribution in [2.24, 2.45) is 5.11 Å². The number of benzene rings is 1. The molecular formula is C13H12F3N3O. The monoisotopic (exact) mass is 283 g/mol. The summed E-state index contributed by atoms with van der Waals surface area (Å²) in [4.78, 5) is 2.75. The highest BCUT2D eigenvalue weighted by Gasteiger charge is 2.41. The standard InChI is InChI=1S/C13H12F3N3O/c1-3-10-9-6-8(13(14,15)16)4-5-11(9)20-7-12(10,2)18-19-17/h3-6,10H,1,7H2,2H3/t10-,12+/m0/s1. The summed E-state index contributed by atoms with van der Waals surface area (Å²) in [5.74, 6) is -0.182. The van der Waals surface area contributed by atoms with Gasteiger partial charge in [-0.3, -0.25) is 0 Å². The zero-order valence-corrected chi connectivity index (χ0v) is 10.7. The van der Waals surface area contributed by atoms with Crippen molar-refractivity contribution in [1.29, 1.82) is 0 Å². The average Bonchev–Trinajstić information content (AvgIpc) is 2.37. The van der Waals surface area contributed by atoms with E-state index in [1.165, 1.54) is 12.1 Å². The molecule has 1 aromatic carbocycles. The lowest BCUT2D eigenvalue weighted by Gasteiger charge is -2.37. The van der Waals surface area contributed by atoms with Gasteiger partial charge in [0.25, 0.3) is 0 Å². The fourth-order valence-corrected chi connectivity index (χ4v) is 2.32. The molecule has 0 bridgehead atoms. The maximum absolute atomic E-state index is 12.8. The summed E-state index contributed by atoms with van der Waals surface area (Å²) in [6, 6.07) is 3.27. The molecule has 0 saturated heterocycles. The third-order valence-corrected chi connectivity index (χ3v) is 3.37. The van der Waals surface area contributed by atoms with E-state index in [4.69, 9.17) is 10.3 Å². The summed E-state index contributed by atoms with van der Waals surface area (Å²) in [5.41, 5.74) is 7.19. The molecule has 0 radical (unpaired) electrons. The van der Waals surface area contributed by atoms with E-state index in [1.807, 2.05) is 0 Å². The first-order valence-corrected chi connectivity index (χ1v) is 5.84. The lowest BCUT2D eigenvalue weighted by Crippen LogP contribution is -2.40. The Bertz CT molecular complexity index is 593. The molecule has 0 spiro atoms. The molecule has 0 amide bonds. The summed E-state index contributed by atoms with van der Waals surface area (Å²) in [7, 11) is 0. The lowest BCUT2D eigenvalue weighted by molar-refractivity contribution is -0.137. The van der Waals surface area contributed by atoms with Crippen molar-refractivity contribution in [3.8, 4) is 5.75 Å². The number of nitrogens with zero attached hydrogens (tertiary/aromatic N) is 3. The number of alkyl halides is 3. The van der Waals surface area contributed by atoms with Crippen LogP contribution in [-0.2, 0) is 6.18 Å². The van der Waals surface area contributed by atoms with Gasteiger partial charge < -0.3 is 4.74 Å². The Morgan fingerprint density at radius 2 is 2.25 bits per heavy atom. The van der Waals surface area contributed by atoms with Crippen molar-refractivity contribution in [3.05, 3.63) is 52.4 Å². The van der Waals surface area contributed by atoms with E-state index >= 15 is 0 Å². The predicted molar refractivity (Wildman–Crippen MR) is 67.4 cm³/mol. The van der Waals surface area contributed by atoms with Crippen LogP contribution in [0.25, 0.3) is 10.4 Å². The van der Waals surface area contributed by atoms with E-state index in [0.717, 1.165) is 12.1 Å². The third kappa shape index (κ3) is 2.32. The average molecular weight is 283 g/mol. The number of hydrogen-bond donors (Lipinski definition) is 0. The summed E-state index contributed by atoms with van der Waals surface area (Å²) >= 11 is 0. The zero-order chi connectivity index (χ0) is 15.0. The van der Waals surface area contributed by atoms with Crippen molar-refractivity contribution in [1.82, 2.24) is 0 Å². The van der Waals surface area contributed by atoms with Crippen LogP contribution in [0, 0.1) is 0 Å². The molecule has 2 atom stereocenters. The van der Waals surface area contributed by atoms with Crippen LogP contribution in [0.3, 0.4) is 0 Å². The third-order valence-electron chi connectivity index (χ3n) is 3.37. The Balaban J connectivity index is 2.57. The van der Waals surface area contributed by atoms with Crippen LogP contribution in [0.1, 0.15) is 24.0 Å². The first-order chi connectivity index (χ1) is 9.31. The summed E-state index contributed by atoms with van der Waals surface area (Å²) in [6.45, 7) is 5.35. The number of hydrogen-bond acceptors (Lipinski definition) is 2. The van der Waals surface area contributed by atoms with Crippen molar-refractivity contribution in [2.75, 3.05) is 6.61 Å². The van der Waals surface area contributed by atoms with Crippen LogP contribution >= 0.6 is 0 Å². The van der Waals surface area contributed by atoms with Crippen LogP contribution in [0.5, 0.6) is 5.75 Å². The van der Waals surface area contributed by atoms with Crippen LogP contribution < -0.4 is 4.74 Å². The van der Waals surface area contributed by atoms with Gasteiger partial charge >= 0.3 is 6.18 Å². The molecule has 0 aromatic heterocycles. The molecule has 106 valence electrons. The molecule has 0 N–H and O–H groups in total. The molecule has 4 nitrogen and oxygen atoms in total. The molecule has 0 saturated carbocycles. The van der Waals surface area contributed by atoms with E-state index in [-0.39, 0.29) is 6.61 Å². The summed E-state index contributed by atoms with van der Waals surface area (Å²) in [5, 5.41) is 3.66. The van der Waals surface area contributed by atoms with Crippen LogP contribution in [-0.4, -0.2) is 12.1 Å². The number of halogens is 3. The quantitative estimate of drug-likeness (QED) is 0.342. The first-order valence-electron chi connectivity index (χ1n) is 5.84. The van der Waals surface area contributed by atoms with Gasteiger partial charge in [-0.05, 0) is 30.7 Å². The highest BCUT2D eigenvalue weighted by molar-refractivity contribution is 5.46. The molecule has 7 heteroatoms. The molecule has 1 aromatic rings. The minimum absolute atomic E-state index is 0.0894. The van der Waals surface area contributed by atoms with Crippen molar-refractivity contribution >= 4 is 0 Å². The largest absolute Gasteiger partial charge is 0.493 e. The molecule has 0 fully saturated rings. The minimum atomic E-state index is -4.44. The van der Waals surface area contributed by atoms with Gasteiger partial charge in [-0.25, -0.2) is 0 Å². The Labute approximate surface area is 113 Å². The zero-order valence-electron chi connectivity index (χ0n) is 10.7. The summed E-state index contributed by atoms with van der Waals surface area (Å²) in [6.07, 6.45) is -2.96. The van der Waals surface area contributed by atoms with Gasteiger partial charge in [0.1, 0.15) is 12.4 Å². The van der Waals surface area contributed by atoms with Gasteiger partial charge in [-0.1, -0.05) is 11.2 Å². The second-order valence-electron chi connectivity index (χ2n) is 4.80. The smallest absolute Gasteiger partial charge is 0.416 e. The molecule has 1 heterocycles. The number of rotatable bonds is 2. The highest BCUT2D eigenvalue weighted by atomic mass is 19.4. The maximum Gasteiger partial charge on any atom is 0.416 e. The molecule has 1 aliphatic rings. The van der Waals surface area contributed by atoms with Crippen molar-refractivity contribution in [2.45, 2.75) is 24.6 Å². The van der Waals surface area contributed by atoms with Crippen LogP contribution in [0.4, 0.5) is 13.2 Å². The molecule has 1 aliphatic heterocycles. The van der Waals surface area contributed by atoms with Gasteiger partial charge in [0, 0.05) is 16.4 Å². The van der Waals surface area contributed by atoms with E-state index < -0.39 is 23.2 Å². The summed E-state index contributed by atoms with van der Waals surface area (Å²) < 4.78 is 43.8. The normalized spacial score (nSPS) is 25.1. The predicted octanol–water partition coefficient (Wildman–Crippen LogP) is 4.44. The van der Waals surface area contributed by atoms with Gasteiger partial charge in [-0.2, -0.15) is 13.2 Å². The van der Waals surface area contributed by atoms with E-state index in [2.05, 4.69) is 16.6 Å². The first kappa shape index (κ1) is 14.3. The number of ether oxygens (including phenoxy) is 1. The van der Waals surface area contributed by atoms with Gasteiger partial charge in [0.05, 0.1) is 11.1 Å². The van der Waals surface area contributed by atoms with Crippen molar-refractivity contribution in [3.63, 3.8) is 0 Å². The second kappa shape index (κ2) is 4.76. The fourth-order valence-electron chi connectivity index (χ4n) is 2.32. The number of fused-ring (bicyclic) bond motifs is 1. The van der Waals surface area contributed by atoms with E-state index in [0.29, 0.717) is 11.3 Å². The Morgan fingerprint density at radius 1 is 1.55 bits per heavy atom. The number of azide groups is 1. The Hall–Kier alpha value is -2.14. The van der Waals surface area contributed by atoms with E-state index in [9.17, 15) is 13.2 Å². The van der Waals surface area contributed by atoms with Crippen molar-refractivity contribution < 1.29 is 17.9 Å². The minimum Gasteiger partial charge on any atom is -0.493 e. The van der Waals surface area contributed by atoms with Gasteiger partial charge in [-0.15, -0.1) is 6.58 Å². The molecule has 0 aliphatic carbocycles. The van der Waals surface area contributed by atoms with Gasteiger partial charge in [0.15, 0.2) is 0 Å². The highest BCUT2D eigenvalue weighted by Crippen LogP contribution is 2.44.